The molecule has 0 radical (unpaired) electrons. The Labute approximate surface area is 222 Å². The van der Waals surface area contributed by atoms with Crippen LogP contribution >= 0.6 is 34.4 Å². The second-order valence-electron chi connectivity index (χ2n) is 9.25. The summed E-state index contributed by atoms with van der Waals surface area (Å²) in [4.78, 5) is 47.0. The number of rotatable bonds is 8. The van der Waals surface area contributed by atoms with Crippen molar-refractivity contribution < 1.29 is 14.3 Å². The molecule has 5 rings (SSSR count). The number of thiophene rings is 2. The lowest BCUT2D eigenvalue weighted by molar-refractivity contribution is -0.113. The quantitative estimate of drug-likeness (QED) is 0.181. The summed E-state index contributed by atoms with van der Waals surface area (Å²) in [6.45, 7) is 8.39. The van der Waals surface area contributed by atoms with Gasteiger partial charge in [-0.15, -0.1) is 29.3 Å². The molecule has 3 aromatic rings. The molecule has 0 saturated carbocycles. The Morgan fingerprint density at radius 2 is 2.08 bits per heavy atom. The Hall–Kier alpha value is -2.43. The monoisotopic (exact) mass is 543 g/mol. The molecule has 1 N–H and O–H groups in total. The summed E-state index contributed by atoms with van der Waals surface area (Å²) in [5.74, 6) is -0.0106. The maximum atomic E-state index is 13.3. The van der Waals surface area contributed by atoms with Gasteiger partial charge in [-0.3, -0.25) is 14.2 Å². The second kappa shape index (κ2) is 10.5. The van der Waals surface area contributed by atoms with Gasteiger partial charge in [0.2, 0.25) is 5.91 Å². The van der Waals surface area contributed by atoms with Gasteiger partial charge >= 0.3 is 5.97 Å². The average molecular weight is 544 g/mol. The number of fused-ring (bicyclic) bond motifs is 4. The minimum absolute atomic E-state index is 0.0631. The standard InChI is InChI=1S/C26H29N3O4S3/c1-4-11-29-24(31)20-15-7-6-8-17(15)35-22(20)28-26(29)34-13-19(30)27-23-21(25(32)33-5-2)16-10-9-14(3)12-18(16)36-23/h4,14H,1,5-13H2,2-3H3,(H,27,30)/t14-/m0/s1. The van der Waals surface area contributed by atoms with E-state index in [1.165, 1.54) is 28.0 Å². The van der Waals surface area contributed by atoms with Crippen LogP contribution < -0.4 is 10.9 Å². The smallest absolute Gasteiger partial charge is 0.341 e. The van der Waals surface area contributed by atoms with Crippen LogP contribution in [-0.2, 0) is 41.8 Å². The highest BCUT2D eigenvalue weighted by Gasteiger charge is 2.29. The van der Waals surface area contributed by atoms with Gasteiger partial charge in [0.15, 0.2) is 5.16 Å². The van der Waals surface area contributed by atoms with Gasteiger partial charge in [-0.1, -0.05) is 24.8 Å². The molecule has 0 unspecified atom stereocenters. The van der Waals surface area contributed by atoms with Crippen molar-refractivity contribution in [1.82, 2.24) is 9.55 Å². The van der Waals surface area contributed by atoms with E-state index in [2.05, 4.69) is 18.8 Å². The van der Waals surface area contributed by atoms with Crippen molar-refractivity contribution in [3.63, 3.8) is 0 Å². The highest BCUT2D eigenvalue weighted by atomic mass is 32.2. The summed E-state index contributed by atoms with van der Waals surface area (Å²) in [7, 11) is 0. The van der Waals surface area contributed by atoms with Crippen molar-refractivity contribution in [1.29, 1.82) is 0 Å². The summed E-state index contributed by atoms with van der Waals surface area (Å²) in [6, 6.07) is 0. The van der Waals surface area contributed by atoms with Crippen LogP contribution in [0, 0.1) is 5.92 Å². The van der Waals surface area contributed by atoms with Crippen LogP contribution in [0.3, 0.4) is 0 Å². The van der Waals surface area contributed by atoms with Crippen LogP contribution in [0.25, 0.3) is 10.2 Å². The Balaban J connectivity index is 1.39. The third-order valence-electron chi connectivity index (χ3n) is 6.68. The molecule has 0 fully saturated rings. The van der Waals surface area contributed by atoms with E-state index < -0.39 is 0 Å². The van der Waals surface area contributed by atoms with E-state index >= 15 is 0 Å². The topological polar surface area (TPSA) is 90.3 Å². The number of hydrogen-bond donors (Lipinski definition) is 1. The molecule has 3 heterocycles. The van der Waals surface area contributed by atoms with E-state index in [1.807, 2.05) is 0 Å². The molecule has 0 saturated heterocycles. The summed E-state index contributed by atoms with van der Waals surface area (Å²) < 4.78 is 6.91. The number of nitrogens with one attached hydrogen (secondary N) is 1. The number of aromatic nitrogens is 2. The number of amides is 1. The van der Waals surface area contributed by atoms with E-state index in [0.29, 0.717) is 28.2 Å². The third-order valence-corrected chi connectivity index (χ3v) is 10.0. The van der Waals surface area contributed by atoms with Gasteiger partial charge in [-0.2, -0.15) is 0 Å². The molecule has 36 heavy (non-hydrogen) atoms. The van der Waals surface area contributed by atoms with Crippen LogP contribution in [0.1, 0.15) is 57.9 Å². The molecule has 1 atom stereocenters. The lowest BCUT2D eigenvalue weighted by Gasteiger charge is -2.18. The summed E-state index contributed by atoms with van der Waals surface area (Å²) in [6.07, 6.45) is 7.40. The van der Waals surface area contributed by atoms with Crippen LogP contribution in [0.2, 0.25) is 0 Å². The zero-order valence-electron chi connectivity index (χ0n) is 20.5. The number of aryl methyl sites for hydroxylation is 2. The van der Waals surface area contributed by atoms with Crippen LogP contribution in [0.15, 0.2) is 22.6 Å². The van der Waals surface area contributed by atoms with Crippen LogP contribution in [0.4, 0.5) is 5.00 Å². The van der Waals surface area contributed by atoms with Crippen molar-refractivity contribution in [2.45, 2.75) is 64.1 Å². The number of ether oxygens (including phenoxy) is 1. The lowest BCUT2D eigenvalue weighted by Crippen LogP contribution is -2.24. The van der Waals surface area contributed by atoms with Crippen molar-refractivity contribution in [3.05, 3.63) is 49.5 Å². The number of thioether (sulfide) groups is 1. The average Bonchev–Trinajstić information content (AvgIpc) is 3.52. The molecular formula is C26H29N3O4S3. The van der Waals surface area contributed by atoms with E-state index in [0.717, 1.165) is 64.7 Å². The second-order valence-corrected chi connectivity index (χ2v) is 12.4. The Kier molecular flexibility index (Phi) is 7.37. The number of nitrogens with zero attached hydrogens (tertiary/aromatic N) is 2. The molecule has 10 heteroatoms. The Morgan fingerprint density at radius 1 is 1.25 bits per heavy atom. The van der Waals surface area contributed by atoms with Crippen molar-refractivity contribution >= 4 is 61.5 Å². The summed E-state index contributed by atoms with van der Waals surface area (Å²) >= 11 is 4.29. The van der Waals surface area contributed by atoms with E-state index in [1.54, 1.807) is 28.9 Å². The molecular weight excluding hydrogens is 515 g/mol. The number of anilines is 1. The molecule has 0 aromatic carbocycles. The third kappa shape index (κ3) is 4.66. The normalized spacial score (nSPS) is 16.6. The van der Waals surface area contributed by atoms with Gasteiger partial charge < -0.3 is 10.1 Å². The Morgan fingerprint density at radius 3 is 2.86 bits per heavy atom. The van der Waals surface area contributed by atoms with Gasteiger partial charge in [0.05, 0.1) is 23.3 Å². The van der Waals surface area contributed by atoms with Gasteiger partial charge in [0.25, 0.3) is 5.56 Å². The molecule has 3 aromatic heterocycles. The molecule has 7 nitrogen and oxygen atoms in total. The zero-order chi connectivity index (χ0) is 25.4. The molecule has 0 spiro atoms. The molecule has 0 bridgehead atoms. The summed E-state index contributed by atoms with van der Waals surface area (Å²) in [5, 5.41) is 4.74. The summed E-state index contributed by atoms with van der Waals surface area (Å²) in [5.41, 5.74) is 2.59. The Bertz CT molecular complexity index is 1420. The van der Waals surface area contributed by atoms with Gasteiger partial charge in [-0.25, -0.2) is 9.78 Å². The first-order valence-electron chi connectivity index (χ1n) is 12.3. The van der Waals surface area contributed by atoms with Crippen molar-refractivity contribution in [3.8, 4) is 0 Å². The molecule has 1 amide bonds. The number of esters is 1. The van der Waals surface area contributed by atoms with Crippen molar-refractivity contribution in [2.24, 2.45) is 5.92 Å². The first-order valence-corrected chi connectivity index (χ1v) is 14.9. The highest BCUT2D eigenvalue weighted by molar-refractivity contribution is 7.99. The van der Waals surface area contributed by atoms with Gasteiger partial charge in [0.1, 0.15) is 9.83 Å². The minimum Gasteiger partial charge on any atom is -0.462 e. The maximum Gasteiger partial charge on any atom is 0.341 e. The minimum atomic E-state index is -0.384. The zero-order valence-corrected chi connectivity index (χ0v) is 22.9. The number of carbonyl (C=O) groups excluding carboxylic acids is 2. The lowest BCUT2D eigenvalue weighted by atomic mass is 9.88. The SMILES string of the molecule is C=CCn1c(SCC(=O)Nc2sc3c(c2C(=O)OCC)CC[C@H](C)C3)nc2sc3c(c2c1=O)CCC3. The fourth-order valence-electron chi connectivity index (χ4n) is 5.01. The molecule has 2 aliphatic rings. The fraction of sp³-hybridized carbons (Fsp3) is 0.462. The predicted octanol–water partition coefficient (Wildman–Crippen LogP) is 5.23. The van der Waals surface area contributed by atoms with Gasteiger partial charge in [-0.05, 0) is 62.5 Å². The molecule has 0 aliphatic heterocycles. The fourth-order valence-corrected chi connectivity index (χ4v) is 8.54. The van der Waals surface area contributed by atoms with Crippen LogP contribution in [-0.4, -0.2) is 33.8 Å². The van der Waals surface area contributed by atoms with E-state index in [-0.39, 0.29) is 29.8 Å². The van der Waals surface area contributed by atoms with E-state index in [4.69, 9.17) is 9.72 Å². The number of allylic oxidation sites excluding steroid dienone is 1. The van der Waals surface area contributed by atoms with Crippen molar-refractivity contribution in [2.75, 3.05) is 17.7 Å². The molecule has 190 valence electrons. The first kappa shape index (κ1) is 25.2. The maximum absolute atomic E-state index is 13.3. The number of carbonyl (C=O) groups is 2. The number of hydrogen-bond acceptors (Lipinski definition) is 8. The first-order chi connectivity index (χ1) is 17.4. The van der Waals surface area contributed by atoms with Crippen LogP contribution in [0.5, 0.6) is 0 Å². The van der Waals surface area contributed by atoms with E-state index in [9.17, 15) is 14.4 Å². The highest BCUT2D eigenvalue weighted by Crippen LogP contribution is 2.40. The molecule has 2 aliphatic carbocycles. The van der Waals surface area contributed by atoms with Gasteiger partial charge in [0, 0.05) is 16.3 Å². The largest absolute Gasteiger partial charge is 0.462 e. The predicted molar refractivity (Wildman–Crippen MR) is 147 cm³/mol.